The Morgan fingerprint density at radius 1 is 1.28 bits per heavy atom. The lowest BCUT2D eigenvalue weighted by molar-refractivity contribution is -0.122. The van der Waals surface area contributed by atoms with Gasteiger partial charge in [-0.1, -0.05) is 19.1 Å². The van der Waals surface area contributed by atoms with Crippen molar-refractivity contribution in [1.29, 1.82) is 0 Å². The van der Waals surface area contributed by atoms with Crippen molar-refractivity contribution in [3.8, 4) is 5.75 Å². The van der Waals surface area contributed by atoms with Crippen LogP contribution in [-0.4, -0.2) is 45.4 Å². The van der Waals surface area contributed by atoms with Crippen LogP contribution in [-0.2, 0) is 16.0 Å². The molecule has 2 N–H and O–H groups in total. The summed E-state index contributed by atoms with van der Waals surface area (Å²) in [5.41, 5.74) is 1.23. The first-order valence-electron chi connectivity index (χ1n) is 8.90. The molecular weight excluding hydrogens is 340 g/mol. The normalized spacial score (nSPS) is 19.8. The number of ether oxygens (including phenoxy) is 2. The Morgan fingerprint density at radius 2 is 2.04 bits per heavy atom. The number of hydrogen-bond acceptors (Lipinski definition) is 4. The molecule has 1 heterocycles. The van der Waals surface area contributed by atoms with Gasteiger partial charge in [0, 0.05) is 26.1 Å². The van der Waals surface area contributed by atoms with Gasteiger partial charge in [-0.25, -0.2) is 0 Å². The number of halogens is 1. The lowest BCUT2D eigenvalue weighted by Crippen LogP contribution is -2.50. The van der Waals surface area contributed by atoms with Crippen LogP contribution in [0.25, 0.3) is 0 Å². The van der Waals surface area contributed by atoms with E-state index in [-0.39, 0.29) is 24.4 Å². The van der Waals surface area contributed by atoms with Crippen LogP contribution in [0.5, 0.6) is 5.75 Å². The molecule has 6 heteroatoms. The summed E-state index contributed by atoms with van der Waals surface area (Å²) in [6, 6.07) is 8.31. The number of carbonyl (C=O) groups excluding carboxylic acids is 1. The van der Waals surface area contributed by atoms with E-state index < -0.39 is 0 Å². The standard InChI is InChI=1S/C19H30N2O3.ClH/c1-15-9-11-20-14-18(15)21-19(22)4-3-12-24-17-7-5-16(6-8-17)10-13-23-2;/h5-8,15,18,20H,3-4,9-14H2,1-2H3,(H,21,22);1H. The van der Waals surface area contributed by atoms with Crippen LogP contribution < -0.4 is 15.4 Å². The van der Waals surface area contributed by atoms with E-state index in [1.54, 1.807) is 7.11 Å². The minimum Gasteiger partial charge on any atom is -0.494 e. The number of amides is 1. The van der Waals surface area contributed by atoms with Crippen molar-refractivity contribution in [3.05, 3.63) is 29.8 Å². The van der Waals surface area contributed by atoms with Gasteiger partial charge < -0.3 is 20.1 Å². The Bertz CT molecular complexity index is 496. The molecule has 5 nitrogen and oxygen atoms in total. The van der Waals surface area contributed by atoms with Crippen LogP contribution in [0.15, 0.2) is 24.3 Å². The second-order valence-electron chi connectivity index (χ2n) is 6.48. The lowest BCUT2D eigenvalue weighted by Gasteiger charge is -2.30. The third-order valence-corrected chi connectivity index (χ3v) is 4.51. The van der Waals surface area contributed by atoms with Crippen molar-refractivity contribution < 1.29 is 14.3 Å². The first-order chi connectivity index (χ1) is 11.7. The zero-order chi connectivity index (χ0) is 17.2. The lowest BCUT2D eigenvalue weighted by atomic mass is 9.95. The highest BCUT2D eigenvalue weighted by Crippen LogP contribution is 2.14. The van der Waals surface area contributed by atoms with Gasteiger partial charge in [-0.2, -0.15) is 0 Å². The third kappa shape index (κ3) is 8.08. The van der Waals surface area contributed by atoms with Gasteiger partial charge in [0.25, 0.3) is 0 Å². The van der Waals surface area contributed by atoms with E-state index in [0.717, 1.165) is 44.7 Å². The Hall–Kier alpha value is -1.30. The number of hydrogen-bond donors (Lipinski definition) is 2. The molecule has 1 aliphatic heterocycles. The molecule has 0 spiro atoms. The van der Waals surface area contributed by atoms with Gasteiger partial charge in [0.1, 0.15) is 5.75 Å². The maximum atomic E-state index is 12.0. The fourth-order valence-corrected chi connectivity index (χ4v) is 2.86. The van der Waals surface area contributed by atoms with Crippen molar-refractivity contribution in [3.63, 3.8) is 0 Å². The summed E-state index contributed by atoms with van der Waals surface area (Å²) in [6.45, 7) is 5.41. The molecule has 1 amide bonds. The predicted molar refractivity (Wildman–Crippen MR) is 103 cm³/mol. The van der Waals surface area contributed by atoms with E-state index >= 15 is 0 Å². The molecule has 1 aromatic rings. The summed E-state index contributed by atoms with van der Waals surface area (Å²) in [5, 5.41) is 6.45. The van der Waals surface area contributed by atoms with Crippen molar-refractivity contribution in [2.24, 2.45) is 5.92 Å². The van der Waals surface area contributed by atoms with Crippen LogP contribution in [0.1, 0.15) is 31.7 Å². The number of rotatable bonds is 9. The number of methoxy groups -OCH3 is 1. The van der Waals surface area contributed by atoms with Crippen LogP contribution in [0, 0.1) is 5.92 Å². The molecule has 2 unspecified atom stereocenters. The van der Waals surface area contributed by atoms with E-state index in [0.29, 0.717) is 18.9 Å². The topological polar surface area (TPSA) is 59.6 Å². The molecule has 1 aromatic carbocycles. The SMILES string of the molecule is COCCc1ccc(OCCCC(=O)NC2CNCCC2C)cc1.Cl. The first kappa shape index (κ1) is 21.7. The van der Waals surface area contributed by atoms with Crippen molar-refractivity contribution in [1.82, 2.24) is 10.6 Å². The van der Waals surface area contributed by atoms with Crippen LogP contribution in [0.4, 0.5) is 0 Å². The van der Waals surface area contributed by atoms with Crippen molar-refractivity contribution >= 4 is 18.3 Å². The molecule has 0 radical (unpaired) electrons. The second-order valence-corrected chi connectivity index (χ2v) is 6.48. The molecule has 1 fully saturated rings. The monoisotopic (exact) mass is 370 g/mol. The summed E-state index contributed by atoms with van der Waals surface area (Å²) >= 11 is 0. The minimum atomic E-state index is 0. The van der Waals surface area contributed by atoms with Crippen LogP contribution in [0.3, 0.4) is 0 Å². The number of piperidine rings is 1. The highest BCUT2D eigenvalue weighted by Gasteiger charge is 2.22. The molecular formula is C19H31ClN2O3. The Balaban J connectivity index is 0.00000312. The second kappa shape index (κ2) is 12.1. The first-order valence-corrected chi connectivity index (χ1v) is 8.90. The number of carbonyl (C=O) groups is 1. The molecule has 1 saturated heterocycles. The molecule has 2 rings (SSSR count). The molecule has 0 aliphatic carbocycles. The van der Waals surface area contributed by atoms with E-state index in [2.05, 4.69) is 29.7 Å². The summed E-state index contributed by atoms with van der Waals surface area (Å²) < 4.78 is 10.8. The van der Waals surface area contributed by atoms with Gasteiger partial charge in [0.15, 0.2) is 0 Å². The Kier molecular flexibility index (Phi) is 10.5. The Labute approximate surface area is 157 Å². The number of nitrogens with one attached hydrogen (secondary N) is 2. The highest BCUT2D eigenvalue weighted by molar-refractivity contribution is 5.85. The molecule has 2 atom stereocenters. The van der Waals surface area contributed by atoms with E-state index in [9.17, 15) is 4.79 Å². The quantitative estimate of drug-likeness (QED) is 0.656. The van der Waals surface area contributed by atoms with Gasteiger partial charge in [0.2, 0.25) is 5.91 Å². The fraction of sp³-hybridized carbons (Fsp3) is 0.632. The van der Waals surface area contributed by atoms with Gasteiger partial charge in [-0.3, -0.25) is 4.79 Å². The largest absolute Gasteiger partial charge is 0.494 e. The molecule has 0 bridgehead atoms. The average molecular weight is 371 g/mol. The summed E-state index contributed by atoms with van der Waals surface area (Å²) in [6.07, 6.45) is 3.26. The smallest absolute Gasteiger partial charge is 0.220 e. The molecule has 142 valence electrons. The highest BCUT2D eigenvalue weighted by atomic mass is 35.5. The maximum absolute atomic E-state index is 12.0. The zero-order valence-corrected chi connectivity index (χ0v) is 16.1. The average Bonchev–Trinajstić information content (AvgIpc) is 2.60. The summed E-state index contributed by atoms with van der Waals surface area (Å²) in [5.74, 6) is 1.51. The number of benzene rings is 1. The van der Waals surface area contributed by atoms with Crippen LogP contribution >= 0.6 is 12.4 Å². The molecule has 0 saturated carbocycles. The molecule has 25 heavy (non-hydrogen) atoms. The maximum Gasteiger partial charge on any atom is 0.220 e. The fourth-order valence-electron chi connectivity index (χ4n) is 2.86. The Morgan fingerprint density at radius 3 is 2.72 bits per heavy atom. The van der Waals surface area contributed by atoms with E-state index in [4.69, 9.17) is 9.47 Å². The van der Waals surface area contributed by atoms with Crippen molar-refractivity contribution in [2.45, 2.75) is 38.6 Å². The summed E-state index contributed by atoms with van der Waals surface area (Å²) in [4.78, 5) is 12.0. The van der Waals surface area contributed by atoms with Gasteiger partial charge >= 0.3 is 0 Å². The van der Waals surface area contributed by atoms with Gasteiger partial charge in [-0.05, 0) is 49.4 Å². The van der Waals surface area contributed by atoms with Gasteiger partial charge in [-0.15, -0.1) is 12.4 Å². The van der Waals surface area contributed by atoms with E-state index in [1.165, 1.54) is 5.56 Å². The predicted octanol–water partition coefficient (Wildman–Crippen LogP) is 2.57. The molecule has 1 aliphatic rings. The van der Waals surface area contributed by atoms with Crippen molar-refractivity contribution in [2.75, 3.05) is 33.4 Å². The summed E-state index contributed by atoms with van der Waals surface area (Å²) in [7, 11) is 1.71. The van der Waals surface area contributed by atoms with Gasteiger partial charge in [0.05, 0.1) is 13.2 Å². The van der Waals surface area contributed by atoms with E-state index in [1.807, 2.05) is 12.1 Å². The zero-order valence-electron chi connectivity index (χ0n) is 15.3. The molecule has 0 aromatic heterocycles. The van der Waals surface area contributed by atoms with Crippen LogP contribution in [0.2, 0.25) is 0 Å². The minimum absolute atomic E-state index is 0. The third-order valence-electron chi connectivity index (χ3n) is 4.51.